The summed E-state index contributed by atoms with van der Waals surface area (Å²) < 4.78 is 34.1. The highest BCUT2D eigenvalue weighted by atomic mass is 16.6. The van der Waals surface area contributed by atoms with E-state index in [4.69, 9.17) is 18.9 Å². The minimum absolute atomic E-state index is 0.192. The average Bonchev–Trinajstić information content (AvgIpc) is 4.06. The lowest BCUT2D eigenvalue weighted by molar-refractivity contribution is -0.697. The molecule has 0 N–H and O–H groups in total. The number of fused-ring (bicyclic) bond motifs is 10. The third kappa shape index (κ3) is 4.26. The van der Waals surface area contributed by atoms with E-state index in [1.807, 2.05) is 24.3 Å². The Kier molecular flexibility index (Phi) is 6.13. The van der Waals surface area contributed by atoms with Crippen molar-refractivity contribution in [1.82, 2.24) is 9.13 Å². The van der Waals surface area contributed by atoms with Gasteiger partial charge in [-0.25, -0.2) is 0 Å². The highest BCUT2D eigenvalue weighted by Gasteiger charge is 2.48. The Morgan fingerprint density at radius 2 is 0.815 bits per heavy atom. The number of aromatic nitrogens is 4. The summed E-state index contributed by atoms with van der Waals surface area (Å²) in [6.07, 6.45) is 4.14. The number of hydrogen-bond donors (Lipinski definition) is 0. The van der Waals surface area contributed by atoms with Crippen molar-refractivity contribution in [3.8, 4) is 70.1 Å². The summed E-state index contributed by atoms with van der Waals surface area (Å²) in [5, 5.41) is 39.2. The number of rotatable bonds is 2. The van der Waals surface area contributed by atoms with Crippen LogP contribution in [0.3, 0.4) is 0 Å². The molecule has 0 radical (unpaired) electrons. The van der Waals surface area contributed by atoms with Gasteiger partial charge in [-0.05, 0) is 95.1 Å². The molecular formula is C42H26N8O4+2. The zero-order valence-electron chi connectivity index (χ0n) is 28.4. The molecule has 0 fully saturated rings. The second kappa shape index (κ2) is 11.0. The molecule has 2 aromatic heterocycles. The first-order chi connectivity index (χ1) is 26.5. The maximum absolute atomic E-state index is 9.80. The van der Waals surface area contributed by atoms with Gasteiger partial charge >= 0.3 is 23.5 Å². The standard InChI is InChI=1S/C42H26N8O4/c43-13-23-1-24(14-44)4-27(3-23)29-7-31-11-32(8-29)36-18-52-40-42-50(22-48(36)40)38(20-54-42)34-10-30(28-5-25(15-45)2-26(6-28)16-46)9-33(12-34)37-19-53-41-39-47(21-49(37)41)35(31)17-51-39/h1-12,21-22,35-38H,17-20H2/q+2. The average molecular weight is 707 g/mol. The highest BCUT2D eigenvalue weighted by Crippen LogP contribution is 2.45. The second-order valence-electron chi connectivity index (χ2n) is 14.2. The van der Waals surface area contributed by atoms with E-state index in [-0.39, 0.29) is 24.2 Å². The number of imidazole rings is 2. The summed E-state index contributed by atoms with van der Waals surface area (Å²) >= 11 is 0. The van der Waals surface area contributed by atoms with Gasteiger partial charge in [-0.3, -0.25) is 0 Å². The Morgan fingerprint density at radius 1 is 0.444 bits per heavy atom. The maximum atomic E-state index is 9.80. The molecule has 8 bridgehead atoms. The van der Waals surface area contributed by atoms with Gasteiger partial charge in [0, 0.05) is 22.3 Å². The van der Waals surface area contributed by atoms with Gasteiger partial charge in [0.2, 0.25) is 0 Å². The summed E-state index contributed by atoms with van der Waals surface area (Å²) in [4.78, 5) is 0. The van der Waals surface area contributed by atoms with E-state index in [2.05, 4.69) is 91.6 Å². The topological polar surface area (TPSA) is 150 Å². The minimum atomic E-state index is -0.192. The van der Waals surface area contributed by atoms with Crippen molar-refractivity contribution in [2.45, 2.75) is 24.2 Å². The third-order valence-electron chi connectivity index (χ3n) is 11.2. The van der Waals surface area contributed by atoms with Gasteiger partial charge in [0.1, 0.15) is 26.4 Å². The molecule has 0 saturated carbocycles. The largest absolute Gasteiger partial charge is 0.452 e. The Morgan fingerprint density at radius 3 is 1.22 bits per heavy atom. The van der Waals surface area contributed by atoms with Crippen LogP contribution in [0.4, 0.5) is 0 Å². The lowest BCUT2D eigenvalue weighted by Crippen LogP contribution is -2.38. The van der Waals surface area contributed by atoms with Crippen LogP contribution in [0.25, 0.3) is 22.3 Å². The monoisotopic (exact) mass is 706 g/mol. The molecular weight excluding hydrogens is 681 g/mol. The van der Waals surface area contributed by atoms with Gasteiger partial charge < -0.3 is 18.9 Å². The molecule has 0 saturated heterocycles. The van der Waals surface area contributed by atoms with Crippen LogP contribution in [-0.4, -0.2) is 35.6 Å². The summed E-state index contributed by atoms with van der Waals surface area (Å²) in [6, 6.07) is 31.4. The predicted octanol–water partition coefficient (Wildman–Crippen LogP) is 4.93. The van der Waals surface area contributed by atoms with Crippen LogP contribution in [-0.2, 0) is 0 Å². The summed E-state index contributed by atoms with van der Waals surface area (Å²) in [7, 11) is 0. The van der Waals surface area contributed by atoms with Gasteiger partial charge in [-0.15, -0.1) is 0 Å². The molecule has 0 amide bonds. The Balaban J connectivity index is 1.14. The minimum Gasteiger partial charge on any atom is -0.452 e. The van der Waals surface area contributed by atoms with Crippen molar-refractivity contribution in [2.24, 2.45) is 0 Å². The van der Waals surface area contributed by atoms with Crippen LogP contribution in [0, 0.1) is 45.3 Å². The van der Waals surface area contributed by atoms with Crippen molar-refractivity contribution in [3.63, 3.8) is 0 Å². The molecule has 5 aliphatic heterocycles. The van der Waals surface area contributed by atoms with Crippen LogP contribution in [0.2, 0.25) is 0 Å². The van der Waals surface area contributed by atoms with E-state index < -0.39 is 0 Å². The molecule has 0 aliphatic carbocycles. The van der Waals surface area contributed by atoms with Crippen LogP contribution in [0.15, 0.2) is 85.5 Å². The molecule has 4 atom stereocenters. The fourth-order valence-corrected chi connectivity index (χ4v) is 8.64. The SMILES string of the molecule is N#Cc1cc(C#N)cc(-c2cc3cc(c2)C2COc4c5[n+](cn42)C(CO5)c2cc(-c4cc(C#N)cc(C#N)c4)cc(c2)C2COc4c5n(c[n+]42)C3CO5)c1. The fourth-order valence-electron chi connectivity index (χ4n) is 8.64. The summed E-state index contributed by atoms with van der Waals surface area (Å²) in [5.74, 6) is 2.61. The zero-order chi connectivity index (χ0) is 36.2. The number of benzene rings is 4. The van der Waals surface area contributed by atoms with E-state index in [0.29, 0.717) is 72.2 Å². The second-order valence-corrected chi connectivity index (χ2v) is 14.2. The number of nitriles is 4. The number of hydrogen-bond acceptors (Lipinski definition) is 8. The van der Waals surface area contributed by atoms with E-state index in [1.165, 1.54) is 0 Å². The van der Waals surface area contributed by atoms with Gasteiger partial charge in [0.05, 0.1) is 46.5 Å². The van der Waals surface area contributed by atoms with Crippen LogP contribution < -0.4 is 28.1 Å². The maximum Gasteiger partial charge on any atom is 0.373 e. The molecule has 256 valence electrons. The first-order valence-electron chi connectivity index (χ1n) is 17.5. The van der Waals surface area contributed by atoms with E-state index in [9.17, 15) is 21.0 Å². The molecule has 11 rings (SSSR count). The van der Waals surface area contributed by atoms with Crippen LogP contribution in [0.5, 0.6) is 23.5 Å². The van der Waals surface area contributed by atoms with Crippen molar-refractivity contribution in [2.75, 3.05) is 26.4 Å². The van der Waals surface area contributed by atoms with E-state index >= 15 is 0 Å². The molecule has 6 aromatic rings. The van der Waals surface area contributed by atoms with Gasteiger partial charge in [-0.1, -0.05) is 0 Å². The van der Waals surface area contributed by atoms with Gasteiger partial charge in [0.15, 0.2) is 24.2 Å². The van der Waals surface area contributed by atoms with Crippen molar-refractivity contribution in [3.05, 3.63) is 130 Å². The first-order valence-corrected chi connectivity index (χ1v) is 17.5. The quantitative estimate of drug-likeness (QED) is 0.230. The Hall–Kier alpha value is -7.54. The normalized spacial score (nSPS) is 20.1. The van der Waals surface area contributed by atoms with Gasteiger partial charge in [-0.2, -0.15) is 39.3 Å². The molecule has 5 aliphatic rings. The fraction of sp³-hybridized carbons (Fsp3) is 0.190. The molecule has 12 nitrogen and oxygen atoms in total. The summed E-state index contributed by atoms with van der Waals surface area (Å²) in [5.41, 5.74) is 9.00. The third-order valence-corrected chi connectivity index (χ3v) is 11.2. The van der Waals surface area contributed by atoms with Crippen LogP contribution in [0.1, 0.15) is 68.7 Å². The highest BCUT2D eigenvalue weighted by molar-refractivity contribution is 5.71. The van der Waals surface area contributed by atoms with E-state index in [1.54, 1.807) is 12.1 Å². The molecule has 7 heterocycles. The molecule has 4 unspecified atom stereocenters. The molecule has 4 aromatic carbocycles. The zero-order valence-corrected chi connectivity index (χ0v) is 28.4. The molecule has 12 heteroatoms. The lowest BCUT2D eigenvalue weighted by Gasteiger charge is -2.17. The van der Waals surface area contributed by atoms with Crippen LogP contribution >= 0.6 is 0 Å². The predicted molar refractivity (Wildman–Crippen MR) is 186 cm³/mol. The van der Waals surface area contributed by atoms with Crippen molar-refractivity contribution >= 4 is 0 Å². The number of ether oxygens (including phenoxy) is 4. The molecule has 54 heavy (non-hydrogen) atoms. The van der Waals surface area contributed by atoms with Crippen molar-refractivity contribution < 1.29 is 28.1 Å². The summed E-state index contributed by atoms with van der Waals surface area (Å²) in [6.45, 7) is 1.59. The smallest absolute Gasteiger partial charge is 0.373 e. The molecule has 0 spiro atoms. The van der Waals surface area contributed by atoms with Crippen molar-refractivity contribution in [1.29, 1.82) is 21.0 Å². The Labute approximate surface area is 308 Å². The Bertz CT molecular complexity index is 2480. The number of nitrogens with zero attached hydrogens (tertiary/aromatic N) is 8. The first kappa shape index (κ1) is 30.1. The lowest BCUT2D eigenvalue weighted by atomic mass is 9.92. The van der Waals surface area contributed by atoms with Gasteiger partial charge in [0.25, 0.3) is 12.7 Å². The van der Waals surface area contributed by atoms with E-state index in [0.717, 1.165) is 44.5 Å².